The number of nitrogens with zero attached hydrogens (tertiary/aromatic N) is 1. The molecule has 1 fully saturated rings. The number of piperidine rings is 1. The first-order valence-corrected chi connectivity index (χ1v) is 7.60. The Balaban J connectivity index is 0.00000361. The second kappa shape index (κ2) is 8.54. The number of ether oxygens (including phenoxy) is 1. The molecular weight excluding hydrogens is 240 g/mol. The van der Waals surface area contributed by atoms with Gasteiger partial charge in [-0.25, -0.2) is 0 Å². The van der Waals surface area contributed by atoms with Crippen LogP contribution in [-0.2, 0) is 9.53 Å². The first kappa shape index (κ1) is 16.4. The summed E-state index contributed by atoms with van der Waals surface area (Å²) in [6, 6.07) is 0.234. The summed E-state index contributed by atoms with van der Waals surface area (Å²) >= 11 is 0. The van der Waals surface area contributed by atoms with E-state index in [2.05, 4.69) is 24.1 Å². The van der Waals surface area contributed by atoms with E-state index in [9.17, 15) is 4.79 Å². The number of hydrogen-bond acceptors (Lipinski definition) is 3. The molecule has 1 saturated heterocycles. The molecule has 1 heterocycles. The Morgan fingerprint density at radius 2 is 1.95 bits per heavy atom. The quantitative estimate of drug-likeness (QED) is 0.773. The van der Waals surface area contributed by atoms with Gasteiger partial charge in [0.2, 0.25) is 5.91 Å². The molecule has 0 aromatic rings. The number of nitrogens with one attached hydrogen (secondary N) is 1. The van der Waals surface area contributed by atoms with E-state index in [0.29, 0.717) is 12.6 Å². The topological polar surface area (TPSA) is 41.6 Å². The molecule has 0 aromatic heterocycles. The Morgan fingerprint density at radius 1 is 1.32 bits per heavy atom. The summed E-state index contributed by atoms with van der Waals surface area (Å²) in [7, 11) is 0. The van der Waals surface area contributed by atoms with Crippen molar-refractivity contribution in [3.63, 3.8) is 0 Å². The van der Waals surface area contributed by atoms with Crippen LogP contribution in [-0.4, -0.2) is 49.2 Å². The van der Waals surface area contributed by atoms with Crippen LogP contribution in [0.4, 0.5) is 0 Å². The predicted octanol–water partition coefficient (Wildman–Crippen LogP) is 2.28. The number of likely N-dealkylation sites (tertiary alicyclic amines) is 1. The second-order valence-corrected chi connectivity index (χ2v) is 6.15. The lowest BCUT2D eigenvalue weighted by Crippen LogP contribution is -2.43. The molecule has 19 heavy (non-hydrogen) atoms. The summed E-state index contributed by atoms with van der Waals surface area (Å²) in [6.45, 7) is 11.7. The molecule has 0 spiro atoms. The minimum atomic E-state index is 0. The molecule has 1 N–H and O–H groups in total. The summed E-state index contributed by atoms with van der Waals surface area (Å²) in [5.74, 6) is 0.916. The minimum Gasteiger partial charge on any atom is -0.379 e. The van der Waals surface area contributed by atoms with Gasteiger partial charge in [-0.3, -0.25) is 9.69 Å². The van der Waals surface area contributed by atoms with Gasteiger partial charge in [0.05, 0.1) is 12.6 Å². The predicted molar refractivity (Wildman–Crippen MR) is 80.3 cm³/mol. The maximum Gasteiger partial charge on any atom is 0.234 e. The highest BCUT2D eigenvalue weighted by Crippen LogP contribution is 2.20. The lowest BCUT2D eigenvalue weighted by molar-refractivity contribution is -0.123. The normalized spacial score (nSPS) is 18.2. The third-order valence-corrected chi connectivity index (χ3v) is 3.50. The van der Waals surface area contributed by atoms with Crippen molar-refractivity contribution in [3.8, 4) is 0 Å². The van der Waals surface area contributed by atoms with E-state index in [1.807, 2.05) is 13.8 Å². The lowest BCUT2D eigenvalue weighted by atomic mass is 9.94. The molecule has 1 aliphatic rings. The molecule has 0 atom stereocenters. The zero-order valence-corrected chi connectivity index (χ0v) is 12.9. The van der Waals surface area contributed by atoms with Gasteiger partial charge in [-0.05, 0) is 66.0 Å². The van der Waals surface area contributed by atoms with Gasteiger partial charge in [-0.1, -0.05) is 0 Å². The van der Waals surface area contributed by atoms with Gasteiger partial charge in [0.1, 0.15) is 0 Å². The van der Waals surface area contributed by atoms with E-state index in [-0.39, 0.29) is 13.4 Å². The molecule has 0 aliphatic carbocycles. The Labute approximate surface area is 119 Å². The maximum absolute atomic E-state index is 11.7. The largest absolute Gasteiger partial charge is 0.379 e. The summed E-state index contributed by atoms with van der Waals surface area (Å²) in [6.07, 6.45) is 3.87. The van der Waals surface area contributed by atoms with Crippen molar-refractivity contribution in [2.24, 2.45) is 5.92 Å². The van der Waals surface area contributed by atoms with Crippen LogP contribution in [0.25, 0.3) is 0 Å². The van der Waals surface area contributed by atoms with Crippen molar-refractivity contribution in [2.75, 3.05) is 26.2 Å². The minimum absolute atomic E-state index is 0. The molecule has 114 valence electrons. The average molecular weight is 272 g/mol. The van der Waals surface area contributed by atoms with Crippen molar-refractivity contribution in [1.82, 2.24) is 10.2 Å². The summed E-state index contributed by atoms with van der Waals surface area (Å²) < 4.78 is 5.60. The SMILES string of the molecule is CC(C)NC(=O)CN1CCC(CCOC(C)C)CC1.[HH]. The zero-order chi connectivity index (χ0) is 14.3. The van der Waals surface area contributed by atoms with Crippen molar-refractivity contribution in [2.45, 2.75) is 59.1 Å². The molecule has 4 nitrogen and oxygen atoms in total. The number of carbonyl (C=O) groups is 1. The van der Waals surface area contributed by atoms with Gasteiger partial charge >= 0.3 is 0 Å². The van der Waals surface area contributed by atoms with E-state index in [1.165, 1.54) is 12.8 Å². The molecule has 0 unspecified atom stereocenters. The van der Waals surface area contributed by atoms with Crippen LogP contribution in [0, 0.1) is 5.92 Å². The van der Waals surface area contributed by atoms with Gasteiger partial charge in [0.25, 0.3) is 0 Å². The van der Waals surface area contributed by atoms with Gasteiger partial charge in [-0.15, -0.1) is 0 Å². The van der Waals surface area contributed by atoms with Gasteiger partial charge < -0.3 is 10.1 Å². The standard InChI is InChI=1S/C15H30N2O2.H2/c1-12(2)16-15(18)11-17-8-5-14(6-9-17)7-10-19-13(3)4;/h12-14H,5-11H2,1-4H3,(H,16,18);1H. The molecule has 0 radical (unpaired) electrons. The van der Waals surface area contributed by atoms with E-state index >= 15 is 0 Å². The van der Waals surface area contributed by atoms with Crippen molar-refractivity contribution < 1.29 is 11.0 Å². The van der Waals surface area contributed by atoms with Crippen LogP contribution < -0.4 is 5.32 Å². The highest BCUT2D eigenvalue weighted by Gasteiger charge is 2.20. The van der Waals surface area contributed by atoms with E-state index in [4.69, 9.17) is 4.74 Å². The van der Waals surface area contributed by atoms with Crippen molar-refractivity contribution in [3.05, 3.63) is 0 Å². The zero-order valence-electron chi connectivity index (χ0n) is 12.9. The number of amides is 1. The molecule has 1 amide bonds. The van der Waals surface area contributed by atoms with Crippen LogP contribution in [0.2, 0.25) is 0 Å². The van der Waals surface area contributed by atoms with Crippen LogP contribution in [0.15, 0.2) is 0 Å². The molecule has 4 heteroatoms. The van der Waals surface area contributed by atoms with Gasteiger partial charge in [0, 0.05) is 14.1 Å². The Morgan fingerprint density at radius 3 is 2.47 bits per heavy atom. The fraction of sp³-hybridized carbons (Fsp3) is 0.933. The first-order chi connectivity index (χ1) is 8.97. The van der Waals surface area contributed by atoms with Crippen LogP contribution in [0.1, 0.15) is 48.4 Å². The average Bonchev–Trinajstić information content (AvgIpc) is 2.29. The fourth-order valence-electron chi connectivity index (χ4n) is 2.47. The van der Waals surface area contributed by atoms with Crippen molar-refractivity contribution in [1.29, 1.82) is 0 Å². The number of hydrogen-bond donors (Lipinski definition) is 1. The molecule has 0 bridgehead atoms. The van der Waals surface area contributed by atoms with Gasteiger partial charge in [0.15, 0.2) is 0 Å². The summed E-state index contributed by atoms with van der Waals surface area (Å²) in [5.41, 5.74) is 0. The monoisotopic (exact) mass is 272 g/mol. The van der Waals surface area contributed by atoms with E-state index < -0.39 is 0 Å². The molecule has 1 aliphatic heterocycles. The van der Waals surface area contributed by atoms with Gasteiger partial charge in [-0.2, -0.15) is 0 Å². The Bertz CT molecular complexity index is 265. The molecular formula is C15H32N2O2. The van der Waals surface area contributed by atoms with Crippen molar-refractivity contribution >= 4 is 5.91 Å². The third kappa shape index (κ3) is 7.53. The Hall–Kier alpha value is -0.610. The van der Waals surface area contributed by atoms with Crippen LogP contribution in [0.3, 0.4) is 0 Å². The van der Waals surface area contributed by atoms with Crippen LogP contribution in [0.5, 0.6) is 0 Å². The second-order valence-electron chi connectivity index (χ2n) is 6.15. The highest BCUT2D eigenvalue weighted by atomic mass is 16.5. The third-order valence-electron chi connectivity index (χ3n) is 3.50. The van der Waals surface area contributed by atoms with E-state index in [0.717, 1.165) is 32.0 Å². The molecule has 0 saturated carbocycles. The lowest BCUT2D eigenvalue weighted by Gasteiger charge is -2.31. The van der Waals surface area contributed by atoms with Crippen LogP contribution >= 0.6 is 0 Å². The molecule has 0 aromatic carbocycles. The maximum atomic E-state index is 11.7. The first-order valence-electron chi connectivity index (χ1n) is 7.60. The summed E-state index contributed by atoms with van der Waals surface area (Å²) in [5, 5.41) is 2.95. The number of carbonyl (C=O) groups excluding carboxylic acids is 1. The van der Waals surface area contributed by atoms with E-state index in [1.54, 1.807) is 0 Å². The fourth-order valence-corrected chi connectivity index (χ4v) is 2.47. The Kier molecular flexibility index (Phi) is 7.39. The smallest absolute Gasteiger partial charge is 0.234 e. The summed E-state index contributed by atoms with van der Waals surface area (Å²) in [4.78, 5) is 13.9. The number of rotatable bonds is 7. The molecule has 1 rings (SSSR count). The highest BCUT2D eigenvalue weighted by molar-refractivity contribution is 5.78.